The number of thioether (sulfide) groups is 1. The number of carbonyl (C=O) groups excluding carboxylic acids is 3. The Kier molecular flexibility index (Phi) is 38.4. The highest BCUT2D eigenvalue weighted by Crippen LogP contribution is 2.41. The molecule has 0 amide bonds. The lowest BCUT2D eigenvalue weighted by Gasteiger charge is -2.44. The van der Waals surface area contributed by atoms with E-state index in [-0.39, 0.29) is 66.2 Å². The summed E-state index contributed by atoms with van der Waals surface area (Å²) in [7, 11) is -1.66. The van der Waals surface area contributed by atoms with Crippen molar-refractivity contribution in [2.45, 2.75) is 213 Å². The highest BCUT2D eigenvalue weighted by molar-refractivity contribution is 14.1. The van der Waals surface area contributed by atoms with Crippen LogP contribution in [-0.4, -0.2) is 130 Å². The summed E-state index contributed by atoms with van der Waals surface area (Å²) in [6.07, 6.45) is 16.4. The highest BCUT2D eigenvalue weighted by Gasteiger charge is 2.48. The molecule has 1 aromatic carbocycles. The summed E-state index contributed by atoms with van der Waals surface area (Å²) in [5.41, 5.74) is -3.72. The van der Waals surface area contributed by atoms with E-state index in [4.69, 9.17) is 42.3 Å². The SMILES string of the molecule is COc1ccc(CO[C@H](CC[C@H](C)[C@H](C[C@H](C/C=C/I)OC(=O)/C=C/C=C/C[C@@H](OCSC)[C@H](C)[C@H](O[Si](C)(C)C(C)(C)C)[C@H](C)CC[C@H](OC)/C(C)=C/C[C@@H](C)CC=O)OC)[C@H](C)[C@H](OC(C)=O)[C@H](C)CCOS(=O)(=O)C(F)(F)F)c(OC)c1. The van der Waals surface area contributed by atoms with Gasteiger partial charge in [0.2, 0.25) is 0 Å². The van der Waals surface area contributed by atoms with Crippen molar-refractivity contribution in [3.05, 3.63) is 69.9 Å². The fraction of sp³-hybridized carbons (Fsp3) is 0.730. The number of hydrogen-bond donors (Lipinski definition) is 0. The number of allylic oxidation sites excluding steroid dienone is 3. The molecule has 0 unspecified atom stereocenters. The van der Waals surface area contributed by atoms with Crippen molar-refractivity contribution in [2.24, 2.45) is 35.5 Å². The molecule has 22 heteroatoms. The first-order valence-corrected chi connectivity index (χ1v) is 36.4. The maximum absolute atomic E-state index is 13.5. The molecule has 0 heterocycles. The van der Waals surface area contributed by atoms with E-state index in [1.54, 1.807) is 57.2 Å². The van der Waals surface area contributed by atoms with Crippen LogP contribution in [0.1, 0.15) is 146 Å². The second-order valence-electron chi connectivity index (χ2n) is 24.0. The highest BCUT2D eigenvalue weighted by atomic mass is 127. The summed E-state index contributed by atoms with van der Waals surface area (Å²) in [4.78, 5) is 37.1. The fourth-order valence-corrected chi connectivity index (χ4v) is 12.3. The molecular formula is C63H104F3IO15S2Si. The van der Waals surface area contributed by atoms with Crippen molar-refractivity contribution in [3.8, 4) is 11.5 Å². The van der Waals surface area contributed by atoms with E-state index in [1.165, 1.54) is 32.8 Å². The topological polar surface area (TPSA) is 178 Å². The number of hydrogen-bond acceptors (Lipinski definition) is 16. The van der Waals surface area contributed by atoms with Crippen LogP contribution < -0.4 is 9.47 Å². The molecule has 0 saturated heterocycles. The average molecular weight is 1380 g/mol. The minimum Gasteiger partial charge on any atom is -0.497 e. The zero-order chi connectivity index (χ0) is 64.7. The van der Waals surface area contributed by atoms with E-state index in [1.807, 2.05) is 42.4 Å². The molecule has 490 valence electrons. The normalized spacial score (nSPS) is 17.8. The molecule has 0 aliphatic carbocycles. The predicted molar refractivity (Wildman–Crippen MR) is 344 cm³/mol. The first-order chi connectivity index (χ1) is 39.8. The van der Waals surface area contributed by atoms with E-state index >= 15 is 0 Å². The molecule has 85 heavy (non-hydrogen) atoms. The van der Waals surface area contributed by atoms with Gasteiger partial charge in [-0.05, 0) is 122 Å². The Morgan fingerprint density at radius 3 is 1.96 bits per heavy atom. The molecule has 0 bridgehead atoms. The van der Waals surface area contributed by atoms with Crippen molar-refractivity contribution in [2.75, 3.05) is 47.2 Å². The summed E-state index contributed by atoms with van der Waals surface area (Å²) in [6.45, 7) is 26.0. The molecule has 0 aromatic heterocycles. The van der Waals surface area contributed by atoms with E-state index in [2.05, 4.69) is 94.4 Å². The van der Waals surface area contributed by atoms with Gasteiger partial charge in [0.1, 0.15) is 30.0 Å². The van der Waals surface area contributed by atoms with Gasteiger partial charge in [0.05, 0.1) is 63.9 Å². The van der Waals surface area contributed by atoms with E-state index in [9.17, 15) is 36.0 Å². The quantitative estimate of drug-likeness (QED) is 0.00575. The smallest absolute Gasteiger partial charge is 0.497 e. The van der Waals surface area contributed by atoms with Crippen LogP contribution in [0, 0.1) is 35.5 Å². The van der Waals surface area contributed by atoms with Gasteiger partial charge >= 0.3 is 27.6 Å². The summed E-state index contributed by atoms with van der Waals surface area (Å²) in [5.74, 6) is -0.433. The summed E-state index contributed by atoms with van der Waals surface area (Å²) in [6, 6.07) is 5.29. The minimum absolute atomic E-state index is 0.0143. The van der Waals surface area contributed by atoms with Gasteiger partial charge in [-0.15, -0.1) is 11.8 Å². The van der Waals surface area contributed by atoms with Crippen molar-refractivity contribution >= 4 is 71.0 Å². The third-order valence-corrected chi connectivity index (χ3v) is 22.7. The van der Waals surface area contributed by atoms with Crippen LogP contribution in [0.25, 0.3) is 0 Å². The number of esters is 2. The number of ether oxygens (including phenoxy) is 8. The zero-order valence-electron chi connectivity index (χ0n) is 54.0. The van der Waals surface area contributed by atoms with Crippen LogP contribution in [0.2, 0.25) is 18.1 Å². The van der Waals surface area contributed by atoms with Gasteiger partial charge < -0.3 is 47.1 Å². The van der Waals surface area contributed by atoms with Gasteiger partial charge in [-0.25, -0.2) is 4.79 Å². The van der Waals surface area contributed by atoms with Gasteiger partial charge in [0.25, 0.3) is 0 Å². The summed E-state index contributed by atoms with van der Waals surface area (Å²) in [5, 5.41) is -0.0143. The van der Waals surface area contributed by atoms with E-state index in [0.717, 1.165) is 25.5 Å². The van der Waals surface area contributed by atoms with Gasteiger partial charge in [-0.3, -0.25) is 8.98 Å². The molecule has 0 aliphatic heterocycles. The molecule has 0 fully saturated rings. The largest absolute Gasteiger partial charge is 0.523 e. The van der Waals surface area contributed by atoms with E-state index in [0.29, 0.717) is 61.5 Å². The Hall–Kier alpha value is -2.81. The second kappa shape index (κ2) is 40.7. The summed E-state index contributed by atoms with van der Waals surface area (Å²) >= 11 is 3.74. The lowest BCUT2D eigenvalue weighted by Crippen LogP contribution is -2.49. The van der Waals surface area contributed by atoms with Crippen LogP contribution in [0.4, 0.5) is 13.2 Å². The minimum atomic E-state index is -5.83. The van der Waals surface area contributed by atoms with E-state index < -0.39 is 72.6 Å². The number of carbonyl (C=O) groups is 3. The zero-order valence-corrected chi connectivity index (χ0v) is 58.8. The van der Waals surface area contributed by atoms with Gasteiger partial charge in [0, 0.05) is 69.9 Å². The van der Waals surface area contributed by atoms with Crippen molar-refractivity contribution < 1.29 is 82.5 Å². The number of alkyl halides is 3. The second-order valence-corrected chi connectivity index (χ2v) is 31.9. The molecule has 0 N–H and O–H groups in total. The van der Waals surface area contributed by atoms with Gasteiger partial charge in [-0.2, -0.15) is 21.6 Å². The van der Waals surface area contributed by atoms with Crippen LogP contribution >= 0.6 is 34.4 Å². The number of benzene rings is 1. The van der Waals surface area contributed by atoms with Gasteiger partial charge in [0.15, 0.2) is 8.32 Å². The fourth-order valence-electron chi connectivity index (χ4n) is 9.79. The Morgan fingerprint density at radius 1 is 0.753 bits per heavy atom. The van der Waals surface area contributed by atoms with Crippen molar-refractivity contribution in [1.29, 1.82) is 0 Å². The lowest BCUT2D eigenvalue weighted by molar-refractivity contribution is -0.157. The number of methoxy groups -OCH3 is 4. The maximum atomic E-state index is 13.5. The maximum Gasteiger partial charge on any atom is 0.523 e. The number of aldehydes is 1. The molecule has 0 aliphatic rings. The van der Waals surface area contributed by atoms with Crippen LogP contribution in [0.3, 0.4) is 0 Å². The lowest BCUT2D eigenvalue weighted by atomic mass is 9.83. The predicted octanol–water partition coefficient (Wildman–Crippen LogP) is 15.3. The Labute approximate surface area is 527 Å². The molecule has 0 saturated carbocycles. The molecule has 0 radical (unpaired) electrons. The van der Waals surface area contributed by atoms with Gasteiger partial charge in [-0.1, -0.05) is 115 Å². The standard InChI is InChI=1S/C63H104F3IO15S2Si/c1-43(34-37-68)26-27-44(2)54(74-13)32-29-46(4)61(82-85(17,18)62(9,10)11)49(7)55(78-42-83-16)24-20-19-21-25-59(70)81-53(23-22-36-67)40-57(75-14)45(3)28-33-56(77-41-51-30-31-52(73-12)39-58(51)76-15)48(6)60(80-50(8)69)47(5)35-38-79-84(71,72)63(64,65)66/h19-22,25,27,30-31,36-37,39,43,45-49,53-57,60-61H,23-24,26,28-29,32-35,38,40-42H2,1-18H3/b20-19+,25-21+,36-22+,44-27+/t43-,45+,46-,47-,48+,49+,53+,54+,55-,56-,57+,60-,61-/m1/s1. The molecule has 1 aromatic rings. The van der Waals surface area contributed by atoms with Crippen molar-refractivity contribution in [1.82, 2.24) is 0 Å². The first kappa shape index (κ1) is 80.2. The monoisotopic (exact) mass is 1380 g/mol. The Bertz CT molecular complexity index is 2330. The van der Waals surface area contributed by atoms with Crippen molar-refractivity contribution in [3.63, 3.8) is 0 Å². The number of halogens is 4. The number of rotatable bonds is 44. The Morgan fingerprint density at radius 2 is 1.40 bits per heavy atom. The third kappa shape index (κ3) is 29.6. The van der Waals surface area contributed by atoms with Crippen LogP contribution in [-0.2, 0) is 68.1 Å². The van der Waals surface area contributed by atoms with Crippen LogP contribution in [0.5, 0.6) is 11.5 Å². The molecule has 15 nitrogen and oxygen atoms in total. The molecule has 13 atom stereocenters. The molecule has 1 rings (SSSR count). The Balaban J connectivity index is 3.40. The van der Waals surface area contributed by atoms with Crippen LogP contribution in [0.15, 0.2) is 64.3 Å². The summed E-state index contributed by atoms with van der Waals surface area (Å²) < 4.78 is 124. The molecular weight excluding hydrogens is 1270 g/mol. The molecule has 0 spiro atoms. The average Bonchev–Trinajstić information content (AvgIpc) is 2.93. The first-order valence-electron chi connectivity index (χ1n) is 29.5. The third-order valence-electron chi connectivity index (χ3n) is 16.3.